The molecule has 0 spiro atoms. The van der Waals surface area contributed by atoms with Gasteiger partial charge in [0.15, 0.2) is 0 Å². The van der Waals surface area contributed by atoms with Crippen molar-refractivity contribution in [3.63, 3.8) is 0 Å². The Morgan fingerprint density at radius 2 is 1.45 bits per heavy atom. The summed E-state index contributed by atoms with van der Waals surface area (Å²) >= 11 is 0. The van der Waals surface area contributed by atoms with Gasteiger partial charge in [0.1, 0.15) is 0 Å². The third-order valence-corrected chi connectivity index (χ3v) is 15.6. The Hall–Kier alpha value is -0.480. The van der Waals surface area contributed by atoms with E-state index in [0.717, 1.165) is 5.56 Å². The molecule has 1 N–H and O–H groups in total. The fraction of sp³-hybridized carbons (Fsp3) is 0.625. The molecule has 0 saturated heterocycles. The van der Waals surface area contributed by atoms with E-state index in [1.165, 1.54) is 0 Å². The zero-order valence-corrected chi connectivity index (χ0v) is 16.2. The van der Waals surface area contributed by atoms with Crippen LogP contribution in [0.1, 0.15) is 40.2 Å². The van der Waals surface area contributed by atoms with E-state index in [0.29, 0.717) is 18.5 Å². The molecule has 22 heavy (non-hydrogen) atoms. The predicted octanol–water partition coefficient (Wildman–Crippen LogP) is 3.96. The van der Waals surface area contributed by atoms with Crippen molar-refractivity contribution in [2.24, 2.45) is 0 Å². The Balaban J connectivity index is 3.46. The Kier molecular flexibility index (Phi) is 5.51. The molecular formula is C16H29O4PS. The molecular weight excluding hydrogens is 319 g/mol. The molecule has 0 unspecified atom stereocenters. The van der Waals surface area contributed by atoms with Crippen molar-refractivity contribution in [1.82, 2.24) is 0 Å². The number of benzene rings is 1. The van der Waals surface area contributed by atoms with Gasteiger partial charge in [0.05, 0.1) is 0 Å². The van der Waals surface area contributed by atoms with E-state index in [4.69, 9.17) is 3.97 Å². The zero-order valence-electron chi connectivity index (χ0n) is 14.5. The first-order valence-corrected chi connectivity index (χ1v) is 11.8. The van der Waals surface area contributed by atoms with Crippen LogP contribution in [0, 0.1) is 6.92 Å². The van der Waals surface area contributed by atoms with Gasteiger partial charge in [-0.25, -0.2) is 0 Å². The molecule has 0 amide bonds. The quantitative estimate of drug-likeness (QED) is 0.758. The van der Waals surface area contributed by atoms with Gasteiger partial charge in [-0.15, -0.1) is 0 Å². The van der Waals surface area contributed by atoms with Crippen molar-refractivity contribution in [3.8, 4) is 0 Å². The second kappa shape index (κ2) is 6.20. The first-order chi connectivity index (χ1) is 9.96. The van der Waals surface area contributed by atoms with Crippen LogP contribution in [0.2, 0.25) is 0 Å². The molecule has 1 rings (SSSR count). The fourth-order valence-corrected chi connectivity index (χ4v) is 11.6. The topological polar surface area (TPSA) is 63.6 Å². The van der Waals surface area contributed by atoms with Crippen molar-refractivity contribution in [1.29, 1.82) is 0 Å². The van der Waals surface area contributed by atoms with Crippen LogP contribution in [0.4, 0.5) is 0 Å². The van der Waals surface area contributed by atoms with E-state index in [2.05, 4.69) is 0 Å². The van der Waals surface area contributed by atoms with Gasteiger partial charge < -0.3 is 0 Å². The molecule has 1 aromatic carbocycles. The van der Waals surface area contributed by atoms with Crippen molar-refractivity contribution in [2.75, 3.05) is 18.5 Å². The third-order valence-electron chi connectivity index (χ3n) is 5.19. The number of rotatable bonds is 7. The summed E-state index contributed by atoms with van der Waals surface area (Å²) in [6.07, 6.45) is 1.56. The Bertz CT molecular complexity index is 600. The van der Waals surface area contributed by atoms with Gasteiger partial charge in [-0.1, -0.05) is 0 Å². The number of aliphatic hydroxyl groups is 1. The molecule has 0 aliphatic rings. The van der Waals surface area contributed by atoms with Crippen molar-refractivity contribution < 1.29 is 17.5 Å². The van der Waals surface area contributed by atoms with Crippen LogP contribution in [-0.2, 0) is 14.1 Å². The number of hydrogen-bond donors (Lipinski definition) is 1. The van der Waals surface area contributed by atoms with Gasteiger partial charge in [-0.3, -0.25) is 0 Å². The molecule has 6 heteroatoms. The molecule has 128 valence electrons. The standard InChI is InChI=1S/C16H29O4PS/c1-7-21(8-2,9-3,16(5,6)17)20-22(18,19)15-12-10-14(4)11-13-15/h10-13,17H,7-9H2,1-6H3. The van der Waals surface area contributed by atoms with E-state index in [9.17, 15) is 13.5 Å². The molecule has 4 nitrogen and oxygen atoms in total. The molecule has 0 aliphatic carbocycles. The average molecular weight is 348 g/mol. The van der Waals surface area contributed by atoms with Gasteiger partial charge in [0, 0.05) is 0 Å². The average Bonchev–Trinajstić information content (AvgIpc) is 2.44. The van der Waals surface area contributed by atoms with Gasteiger partial charge >= 0.3 is 135 Å². The molecule has 0 atom stereocenters. The molecule has 1 aromatic rings. The molecule has 0 aromatic heterocycles. The fourth-order valence-electron chi connectivity index (χ4n) is 3.09. The summed E-state index contributed by atoms with van der Waals surface area (Å²) in [5, 5.41) is 9.62. The minimum absolute atomic E-state index is 0.145. The van der Waals surface area contributed by atoms with E-state index in [-0.39, 0.29) is 4.90 Å². The third kappa shape index (κ3) is 3.09. The molecule has 0 bridgehead atoms. The predicted molar refractivity (Wildman–Crippen MR) is 94.3 cm³/mol. The van der Waals surface area contributed by atoms with Crippen LogP contribution in [-0.4, -0.2) is 37.4 Å². The number of aryl methyl sites for hydroxylation is 1. The molecule has 0 fully saturated rings. The maximum atomic E-state index is 12.8. The van der Waals surface area contributed by atoms with Crippen LogP contribution < -0.4 is 0 Å². The summed E-state index contributed by atoms with van der Waals surface area (Å²) in [5.41, 5.74) is 0.986. The summed E-state index contributed by atoms with van der Waals surface area (Å²) < 4.78 is 31.5. The Labute approximate surface area is 135 Å². The molecule has 0 radical (unpaired) electrons. The second-order valence-electron chi connectivity index (χ2n) is 6.41. The molecule has 0 aliphatic heterocycles. The first kappa shape index (κ1) is 19.6. The van der Waals surface area contributed by atoms with Gasteiger partial charge in [-0.2, -0.15) is 0 Å². The Morgan fingerprint density at radius 1 is 1.05 bits per heavy atom. The van der Waals surface area contributed by atoms with Crippen LogP contribution in [0.3, 0.4) is 0 Å². The zero-order chi connectivity index (χ0) is 17.3. The first-order valence-electron chi connectivity index (χ1n) is 7.73. The molecule has 0 heterocycles. The monoisotopic (exact) mass is 348 g/mol. The summed E-state index contributed by atoms with van der Waals surface area (Å²) in [7, 11) is -3.91. The van der Waals surface area contributed by atoms with Gasteiger partial charge in [0.2, 0.25) is 0 Å². The van der Waals surface area contributed by atoms with E-state index >= 15 is 0 Å². The second-order valence-corrected chi connectivity index (χ2v) is 14.6. The van der Waals surface area contributed by atoms with Crippen LogP contribution in [0.5, 0.6) is 0 Å². The van der Waals surface area contributed by atoms with Gasteiger partial charge in [-0.05, 0) is 0 Å². The van der Waals surface area contributed by atoms with E-state index in [1.54, 1.807) is 38.1 Å². The minimum atomic E-state index is -3.91. The summed E-state index contributed by atoms with van der Waals surface area (Å²) in [6, 6.07) is 6.61. The summed E-state index contributed by atoms with van der Waals surface area (Å²) in [4.78, 5) is 0.145. The Morgan fingerprint density at radius 3 is 1.77 bits per heavy atom. The van der Waals surface area contributed by atoms with Crippen LogP contribution >= 0.6 is 6.83 Å². The van der Waals surface area contributed by atoms with Crippen LogP contribution in [0.25, 0.3) is 0 Å². The summed E-state index contributed by atoms with van der Waals surface area (Å²) in [5.74, 6) is 0. The number of hydrogen-bond acceptors (Lipinski definition) is 4. The summed E-state index contributed by atoms with van der Waals surface area (Å²) in [6.45, 7) is 7.65. The van der Waals surface area contributed by atoms with Crippen molar-refractivity contribution >= 4 is 16.9 Å². The normalized spacial score (nSPS) is 15.3. The maximum absolute atomic E-state index is 12.8. The SMILES string of the molecule is CCP(CC)(CC)(OS(=O)(=O)c1ccc(C)cc1)C(C)(C)O. The van der Waals surface area contributed by atoms with Crippen molar-refractivity contribution in [3.05, 3.63) is 29.8 Å². The van der Waals surface area contributed by atoms with Crippen LogP contribution in [0.15, 0.2) is 29.2 Å². The molecule has 0 saturated carbocycles. The van der Waals surface area contributed by atoms with E-state index in [1.807, 2.05) is 27.7 Å². The van der Waals surface area contributed by atoms with E-state index < -0.39 is 22.3 Å². The van der Waals surface area contributed by atoms with Crippen molar-refractivity contribution in [2.45, 2.75) is 51.8 Å². The van der Waals surface area contributed by atoms with Gasteiger partial charge in [0.25, 0.3) is 0 Å².